The summed E-state index contributed by atoms with van der Waals surface area (Å²) in [5, 5.41) is 0. The Balaban J connectivity index is 0. The first-order chi connectivity index (χ1) is 6.41. The minimum atomic E-state index is 1.08. The van der Waals surface area contributed by atoms with Crippen LogP contribution in [0.5, 0.6) is 0 Å². The fourth-order valence-electron chi connectivity index (χ4n) is 0.601. The maximum atomic E-state index is 2.12. The molecule has 0 atom stereocenters. The van der Waals surface area contributed by atoms with Crippen LogP contribution in [0.15, 0.2) is 24.3 Å². The molecule has 0 unspecified atom stereocenters. The standard InChI is InChI=1S/C7H12.C4H8.C2H6/c1-3-5-7-6-4-2;1-2-4-3-1;1-2/h3-6H,7H2,1-2H3;1-4H2;1-2H3/b5-3-,6-4-;;. The SMILES string of the molecule is C/C=C\C/C=C\C.C1CCC1.CC. The molecule has 0 aliphatic heterocycles. The van der Waals surface area contributed by atoms with Crippen molar-refractivity contribution in [3.63, 3.8) is 0 Å². The highest BCUT2D eigenvalue weighted by Crippen LogP contribution is 2.15. The van der Waals surface area contributed by atoms with Gasteiger partial charge in [-0.3, -0.25) is 0 Å². The van der Waals surface area contributed by atoms with Gasteiger partial charge in [-0.2, -0.15) is 0 Å². The van der Waals surface area contributed by atoms with Gasteiger partial charge in [0.1, 0.15) is 0 Å². The highest BCUT2D eigenvalue weighted by atomic mass is 14.0. The highest BCUT2D eigenvalue weighted by molar-refractivity contribution is 4.88. The Labute approximate surface area is 84.7 Å². The van der Waals surface area contributed by atoms with Crippen LogP contribution < -0.4 is 0 Å². The summed E-state index contributed by atoms with van der Waals surface area (Å²) in [4.78, 5) is 0. The van der Waals surface area contributed by atoms with E-state index in [0.29, 0.717) is 0 Å². The highest BCUT2D eigenvalue weighted by Gasteiger charge is 1.95. The largest absolute Gasteiger partial charge is 0.0914 e. The number of hydrogen-bond acceptors (Lipinski definition) is 0. The van der Waals surface area contributed by atoms with Crippen molar-refractivity contribution in [2.24, 2.45) is 0 Å². The maximum Gasteiger partial charge on any atom is -0.0169 e. The van der Waals surface area contributed by atoms with Crippen LogP contribution in [0.1, 0.15) is 59.8 Å². The lowest BCUT2D eigenvalue weighted by molar-refractivity contribution is 0.504. The van der Waals surface area contributed by atoms with Crippen molar-refractivity contribution < 1.29 is 0 Å². The molecule has 78 valence electrons. The molecule has 0 aromatic carbocycles. The Hall–Kier alpha value is -0.520. The van der Waals surface area contributed by atoms with Gasteiger partial charge in [0.2, 0.25) is 0 Å². The summed E-state index contributed by atoms with van der Waals surface area (Å²) in [6.45, 7) is 8.06. The molecule has 1 rings (SSSR count). The normalized spacial score (nSPS) is 14.2. The molecule has 1 aliphatic carbocycles. The molecule has 0 aromatic rings. The molecule has 0 spiro atoms. The predicted molar refractivity (Wildman–Crippen MR) is 64.1 cm³/mol. The van der Waals surface area contributed by atoms with Gasteiger partial charge in [-0.1, -0.05) is 63.8 Å². The molecule has 13 heavy (non-hydrogen) atoms. The molecule has 0 bridgehead atoms. The lowest BCUT2D eigenvalue weighted by Gasteiger charge is -2.05. The molecule has 0 nitrogen and oxygen atoms in total. The Morgan fingerprint density at radius 2 is 1.08 bits per heavy atom. The molecule has 0 amide bonds. The number of hydrogen-bond donors (Lipinski definition) is 0. The lowest BCUT2D eigenvalue weighted by atomic mass is 10.0. The summed E-state index contributed by atoms with van der Waals surface area (Å²) in [5.41, 5.74) is 0. The molecule has 0 aromatic heterocycles. The van der Waals surface area contributed by atoms with Crippen LogP contribution in [0.4, 0.5) is 0 Å². The van der Waals surface area contributed by atoms with Crippen LogP contribution in [-0.2, 0) is 0 Å². The van der Waals surface area contributed by atoms with Crippen LogP contribution in [0, 0.1) is 0 Å². The van der Waals surface area contributed by atoms with Crippen molar-refractivity contribution >= 4 is 0 Å². The third-order valence-electron chi connectivity index (χ3n) is 1.74. The molecule has 0 heterocycles. The van der Waals surface area contributed by atoms with E-state index in [0.717, 1.165) is 6.42 Å². The van der Waals surface area contributed by atoms with Gasteiger partial charge < -0.3 is 0 Å². The van der Waals surface area contributed by atoms with Crippen LogP contribution >= 0.6 is 0 Å². The van der Waals surface area contributed by atoms with E-state index >= 15 is 0 Å². The molecule has 1 aliphatic rings. The summed E-state index contributed by atoms with van der Waals surface area (Å²) in [6, 6.07) is 0. The van der Waals surface area contributed by atoms with Gasteiger partial charge in [0.05, 0.1) is 0 Å². The van der Waals surface area contributed by atoms with E-state index in [1.165, 1.54) is 25.7 Å². The summed E-state index contributed by atoms with van der Waals surface area (Å²) in [5.74, 6) is 0. The molecule has 1 saturated carbocycles. The van der Waals surface area contributed by atoms with E-state index in [2.05, 4.69) is 24.3 Å². The number of rotatable bonds is 2. The average Bonchev–Trinajstić information content (AvgIpc) is 2.06. The molecular formula is C13H26. The monoisotopic (exact) mass is 182 g/mol. The lowest BCUT2D eigenvalue weighted by Crippen LogP contribution is -1.85. The van der Waals surface area contributed by atoms with Gasteiger partial charge in [-0.15, -0.1) is 0 Å². The van der Waals surface area contributed by atoms with E-state index in [4.69, 9.17) is 0 Å². The number of allylic oxidation sites excluding steroid dienone is 4. The topological polar surface area (TPSA) is 0 Å². The first-order valence-electron chi connectivity index (χ1n) is 5.64. The summed E-state index contributed by atoms with van der Waals surface area (Å²) < 4.78 is 0. The second-order valence-electron chi connectivity index (χ2n) is 2.79. The fourth-order valence-corrected chi connectivity index (χ4v) is 0.601. The van der Waals surface area contributed by atoms with Crippen molar-refractivity contribution in [3.05, 3.63) is 24.3 Å². The van der Waals surface area contributed by atoms with Gasteiger partial charge in [-0.05, 0) is 20.3 Å². The minimum Gasteiger partial charge on any atom is -0.0914 e. The maximum absolute atomic E-state index is 2.12. The van der Waals surface area contributed by atoms with Gasteiger partial charge in [-0.25, -0.2) is 0 Å². The average molecular weight is 182 g/mol. The van der Waals surface area contributed by atoms with Crippen LogP contribution in [0.25, 0.3) is 0 Å². The third kappa shape index (κ3) is 18.4. The zero-order valence-electron chi connectivity index (χ0n) is 9.84. The molecule has 0 radical (unpaired) electrons. The van der Waals surface area contributed by atoms with Crippen molar-refractivity contribution in [1.29, 1.82) is 0 Å². The Morgan fingerprint density at radius 1 is 0.769 bits per heavy atom. The first kappa shape index (κ1) is 15.0. The van der Waals surface area contributed by atoms with Gasteiger partial charge in [0.25, 0.3) is 0 Å². The van der Waals surface area contributed by atoms with E-state index in [1.54, 1.807) is 0 Å². The van der Waals surface area contributed by atoms with E-state index < -0.39 is 0 Å². The second kappa shape index (κ2) is 17.5. The Morgan fingerprint density at radius 3 is 1.23 bits per heavy atom. The molecule has 0 saturated heterocycles. The summed E-state index contributed by atoms with van der Waals surface area (Å²) in [7, 11) is 0. The van der Waals surface area contributed by atoms with Crippen LogP contribution in [0.2, 0.25) is 0 Å². The summed E-state index contributed by atoms with van der Waals surface area (Å²) >= 11 is 0. The van der Waals surface area contributed by atoms with Crippen LogP contribution in [-0.4, -0.2) is 0 Å². The van der Waals surface area contributed by atoms with E-state index in [-0.39, 0.29) is 0 Å². The minimum absolute atomic E-state index is 1.08. The van der Waals surface area contributed by atoms with Crippen LogP contribution in [0.3, 0.4) is 0 Å². The molecule has 0 N–H and O–H groups in total. The van der Waals surface area contributed by atoms with Crippen molar-refractivity contribution in [3.8, 4) is 0 Å². The van der Waals surface area contributed by atoms with E-state index in [9.17, 15) is 0 Å². The second-order valence-corrected chi connectivity index (χ2v) is 2.79. The summed E-state index contributed by atoms with van der Waals surface area (Å²) in [6.07, 6.45) is 15.4. The Bertz CT molecular complexity index is 91.2. The van der Waals surface area contributed by atoms with Gasteiger partial charge in [0.15, 0.2) is 0 Å². The smallest absolute Gasteiger partial charge is 0.0169 e. The van der Waals surface area contributed by atoms with Crippen molar-refractivity contribution in [2.75, 3.05) is 0 Å². The first-order valence-corrected chi connectivity index (χ1v) is 5.64. The zero-order valence-corrected chi connectivity index (χ0v) is 9.84. The van der Waals surface area contributed by atoms with Crippen molar-refractivity contribution in [1.82, 2.24) is 0 Å². The Kier molecular flexibility index (Phi) is 20.2. The van der Waals surface area contributed by atoms with Gasteiger partial charge >= 0.3 is 0 Å². The molecular weight excluding hydrogens is 156 g/mol. The molecule has 0 heteroatoms. The van der Waals surface area contributed by atoms with E-state index in [1.807, 2.05) is 27.7 Å². The van der Waals surface area contributed by atoms with Crippen molar-refractivity contribution in [2.45, 2.75) is 59.8 Å². The quantitative estimate of drug-likeness (QED) is 0.520. The zero-order chi connectivity index (χ0) is 10.4. The molecule has 1 fully saturated rings. The van der Waals surface area contributed by atoms with Gasteiger partial charge in [0, 0.05) is 0 Å². The predicted octanol–water partition coefficient (Wildman–Crippen LogP) is 5.12. The third-order valence-corrected chi connectivity index (χ3v) is 1.74. The fraction of sp³-hybridized carbons (Fsp3) is 0.692.